The lowest BCUT2D eigenvalue weighted by atomic mass is 10.3. The lowest BCUT2D eigenvalue weighted by Crippen LogP contribution is -2.26. The summed E-state index contributed by atoms with van der Waals surface area (Å²) in [6.45, 7) is 5.62. The van der Waals surface area contributed by atoms with E-state index in [1.165, 1.54) is 43.7 Å². The predicted molar refractivity (Wildman–Crippen MR) is 64.8 cm³/mol. The van der Waals surface area contributed by atoms with Crippen molar-refractivity contribution in [1.29, 1.82) is 0 Å². The van der Waals surface area contributed by atoms with E-state index in [2.05, 4.69) is 22.2 Å². The van der Waals surface area contributed by atoms with Crippen LogP contribution in [-0.2, 0) is 6.54 Å². The SMILES string of the molecule is CCCN(Cc1csc(N)n1)CC1CC1. The lowest BCUT2D eigenvalue weighted by molar-refractivity contribution is 0.253. The van der Waals surface area contributed by atoms with Gasteiger partial charge in [-0.25, -0.2) is 4.98 Å². The molecule has 1 aliphatic carbocycles. The molecule has 3 nitrogen and oxygen atoms in total. The molecule has 84 valence electrons. The van der Waals surface area contributed by atoms with E-state index >= 15 is 0 Å². The molecule has 1 fully saturated rings. The number of rotatable bonds is 6. The Morgan fingerprint density at radius 1 is 1.60 bits per heavy atom. The highest BCUT2D eigenvalue weighted by atomic mass is 32.1. The van der Waals surface area contributed by atoms with Crippen molar-refractivity contribution in [3.8, 4) is 0 Å². The van der Waals surface area contributed by atoms with Crippen molar-refractivity contribution in [2.45, 2.75) is 32.7 Å². The van der Waals surface area contributed by atoms with Gasteiger partial charge < -0.3 is 5.73 Å². The molecule has 4 heteroatoms. The van der Waals surface area contributed by atoms with E-state index in [4.69, 9.17) is 5.73 Å². The first-order chi connectivity index (χ1) is 7.28. The molecule has 2 rings (SSSR count). The summed E-state index contributed by atoms with van der Waals surface area (Å²) in [5, 5.41) is 2.76. The van der Waals surface area contributed by atoms with Gasteiger partial charge in [-0.05, 0) is 31.7 Å². The molecule has 1 saturated carbocycles. The summed E-state index contributed by atoms with van der Waals surface area (Å²) in [6, 6.07) is 0. The molecule has 0 spiro atoms. The summed E-state index contributed by atoms with van der Waals surface area (Å²) in [6.07, 6.45) is 4.05. The van der Waals surface area contributed by atoms with Crippen LogP contribution in [0.25, 0.3) is 0 Å². The first-order valence-corrected chi connectivity index (χ1v) is 6.58. The molecule has 1 aromatic heterocycles. The van der Waals surface area contributed by atoms with E-state index in [0.717, 1.165) is 18.2 Å². The third-order valence-corrected chi connectivity index (χ3v) is 3.43. The van der Waals surface area contributed by atoms with Crippen molar-refractivity contribution >= 4 is 16.5 Å². The van der Waals surface area contributed by atoms with Crippen LogP contribution >= 0.6 is 11.3 Å². The molecule has 1 aliphatic rings. The van der Waals surface area contributed by atoms with E-state index in [1.54, 1.807) is 0 Å². The van der Waals surface area contributed by atoms with E-state index in [0.29, 0.717) is 5.13 Å². The average Bonchev–Trinajstić information content (AvgIpc) is 2.90. The van der Waals surface area contributed by atoms with Crippen molar-refractivity contribution in [3.05, 3.63) is 11.1 Å². The summed E-state index contributed by atoms with van der Waals surface area (Å²) in [5.74, 6) is 0.951. The zero-order chi connectivity index (χ0) is 10.7. The fraction of sp³-hybridized carbons (Fsp3) is 0.727. The van der Waals surface area contributed by atoms with Crippen LogP contribution in [0.15, 0.2) is 5.38 Å². The maximum Gasteiger partial charge on any atom is 0.180 e. The number of nitrogens with two attached hydrogens (primary N) is 1. The number of hydrogen-bond donors (Lipinski definition) is 1. The van der Waals surface area contributed by atoms with Crippen LogP contribution in [0.5, 0.6) is 0 Å². The Hall–Kier alpha value is -0.610. The van der Waals surface area contributed by atoms with Crippen LogP contribution in [0.3, 0.4) is 0 Å². The Morgan fingerprint density at radius 2 is 2.40 bits per heavy atom. The second-order valence-electron chi connectivity index (χ2n) is 4.36. The average molecular weight is 225 g/mol. The quantitative estimate of drug-likeness (QED) is 0.808. The number of nitrogens with zero attached hydrogens (tertiary/aromatic N) is 2. The van der Waals surface area contributed by atoms with E-state index in [1.807, 2.05) is 0 Å². The third kappa shape index (κ3) is 3.47. The van der Waals surface area contributed by atoms with Crippen LogP contribution in [0.4, 0.5) is 5.13 Å². The maximum atomic E-state index is 5.63. The van der Waals surface area contributed by atoms with Gasteiger partial charge in [0.2, 0.25) is 0 Å². The van der Waals surface area contributed by atoms with Gasteiger partial charge in [0.25, 0.3) is 0 Å². The van der Waals surface area contributed by atoms with E-state index in [9.17, 15) is 0 Å². The molecular weight excluding hydrogens is 206 g/mol. The second-order valence-corrected chi connectivity index (χ2v) is 5.25. The highest BCUT2D eigenvalue weighted by Crippen LogP contribution is 2.30. The van der Waals surface area contributed by atoms with Crippen LogP contribution < -0.4 is 5.73 Å². The molecule has 0 saturated heterocycles. The van der Waals surface area contributed by atoms with E-state index in [-0.39, 0.29) is 0 Å². The molecule has 1 aromatic rings. The molecule has 0 amide bonds. The minimum Gasteiger partial charge on any atom is -0.375 e. The predicted octanol–water partition coefficient (Wildman–Crippen LogP) is 2.35. The summed E-state index contributed by atoms with van der Waals surface area (Å²) in [4.78, 5) is 6.82. The van der Waals surface area contributed by atoms with Crippen molar-refractivity contribution in [2.24, 2.45) is 5.92 Å². The van der Waals surface area contributed by atoms with Gasteiger partial charge in [0.05, 0.1) is 5.69 Å². The number of hydrogen-bond acceptors (Lipinski definition) is 4. The molecular formula is C11H19N3S. The van der Waals surface area contributed by atoms with Crippen molar-refractivity contribution < 1.29 is 0 Å². The fourth-order valence-corrected chi connectivity index (χ4v) is 2.40. The molecule has 0 unspecified atom stereocenters. The zero-order valence-corrected chi connectivity index (χ0v) is 10.1. The van der Waals surface area contributed by atoms with Crippen molar-refractivity contribution in [1.82, 2.24) is 9.88 Å². The standard InChI is InChI=1S/C11H19N3S/c1-2-5-14(6-9-3-4-9)7-10-8-15-11(12)13-10/h8-9H,2-7H2,1H3,(H2,12,13). The molecule has 1 heterocycles. The Balaban J connectivity index is 1.86. The van der Waals surface area contributed by atoms with Gasteiger partial charge in [-0.3, -0.25) is 4.90 Å². The minimum atomic E-state index is 0.688. The monoisotopic (exact) mass is 225 g/mol. The van der Waals surface area contributed by atoms with Crippen LogP contribution in [0.2, 0.25) is 0 Å². The smallest absolute Gasteiger partial charge is 0.180 e. The summed E-state index contributed by atoms with van der Waals surface area (Å²) in [7, 11) is 0. The Bertz CT molecular complexity index is 307. The topological polar surface area (TPSA) is 42.1 Å². The van der Waals surface area contributed by atoms with E-state index < -0.39 is 0 Å². The normalized spacial score (nSPS) is 16.1. The Kier molecular flexibility index (Phi) is 3.59. The first-order valence-electron chi connectivity index (χ1n) is 5.70. The minimum absolute atomic E-state index is 0.688. The summed E-state index contributed by atoms with van der Waals surface area (Å²) in [5.41, 5.74) is 6.76. The van der Waals surface area contributed by atoms with Crippen LogP contribution in [0.1, 0.15) is 31.9 Å². The van der Waals surface area contributed by atoms with Gasteiger partial charge in [0, 0.05) is 18.5 Å². The molecule has 0 bridgehead atoms. The van der Waals surface area contributed by atoms with Gasteiger partial charge in [0.15, 0.2) is 5.13 Å². The first kappa shape index (κ1) is 10.9. The number of nitrogen functional groups attached to an aromatic ring is 1. The molecule has 2 N–H and O–H groups in total. The highest BCUT2D eigenvalue weighted by molar-refractivity contribution is 7.13. The maximum absolute atomic E-state index is 5.63. The van der Waals surface area contributed by atoms with Gasteiger partial charge >= 0.3 is 0 Å². The fourth-order valence-electron chi connectivity index (χ4n) is 1.84. The molecule has 0 atom stereocenters. The molecule has 0 radical (unpaired) electrons. The Morgan fingerprint density at radius 3 is 2.93 bits per heavy atom. The van der Waals surface area contributed by atoms with Crippen LogP contribution in [-0.4, -0.2) is 23.0 Å². The van der Waals surface area contributed by atoms with Crippen LogP contribution in [0, 0.1) is 5.92 Å². The van der Waals surface area contributed by atoms with Gasteiger partial charge in [-0.1, -0.05) is 6.92 Å². The van der Waals surface area contributed by atoms with Gasteiger partial charge in [0.1, 0.15) is 0 Å². The molecule has 0 aromatic carbocycles. The molecule has 0 aliphatic heterocycles. The molecule has 15 heavy (non-hydrogen) atoms. The number of thiazole rings is 1. The highest BCUT2D eigenvalue weighted by Gasteiger charge is 2.24. The van der Waals surface area contributed by atoms with Gasteiger partial charge in [-0.2, -0.15) is 0 Å². The third-order valence-electron chi connectivity index (χ3n) is 2.71. The lowest BCUT2D eigenvalue weighted by Gasteiger charge is -2.20. The Labute approximate surface area is 95.3 Å². The largest absolute Gasteiger partial charge is 0.375 e. The number of aromatic nitrogens is 1. The second kappa shape index (κ2) is 4.94. The number of anilines is 1. The summed E-state index contributed by atoms with van der Waals surface area (Å²) < 4.78 is 0. The van der Waals surface area contributed by atoms with Crippen molar-refractivity contribution in [3.63, 3.8) is 0 Å². The van der Waals surface area contributed by atoms with Crippen molar-refractivity contribution in [2.75, 3.05) is 18.8 Å². The summed E-state index contributed by atoms with van der Waals surface area (Å²) >= 11 is 1.54. The van der Waals surface area contributed by atoms with Gasteiger partial charge in [-0.15, -0.1) is 11.3 Å². The zero-order valence-electron chi connectivity index (χ0n) is 9.28.